The van der Waals surface area contributed by atoms with Crippen LogP contribution < -0.4 is 0 Å². The second-order valence-corrected chi connectivity index (χ2v) is 7.71. The van der Waals surface area contributed by atoms with Crippen LogP contribution in [-0.2, 0) is 23.6 Å². The van der Waals surface area contributed by atoms with Crippen LogP contribution in [0, 0.1) is 12.7 Å². The Bertz CT molecular complexity index is 1080. The highest BCUT2D eigenvalue weighted by molar-refractivity contribution is 7.85. The number of benzene rings is 1. The van der Waals surface area contributed by atoms with Crippen LogP contribution in [0.2, 0.25) is 0 Å². The van der Waals surface area contributed by atoms with Gasteiger partial charge in [0.1, 0.15) is 11.6 Å². The number of nitrogens with zero attached hydrogens (tertiary/aromatic N) is 3. The van der Waals surface area contributed by atoms with Crippen LogP contribution >= 0.6 is 0 Å². The van der Waals surface area contributed by atoms with Crippen molar-refractivity contribution < 1.29 is 17.4 Å². The third kappa shape index (κ3) is 2.17. The highest BCUT2D eigenvalue weighted by Gasteiger charge is 2.33. The van der Waals surface area contributed by atoms with E-state index in [1.807, 2.05) is 16.2 Å². The van der Waals surface area contributed by atoms with Gasteiger partial charge < -0.3 is 9.13 Å². The molecule has 0 saturated heterocycles. The number of hydrogen-bond donors (Lipinski definition) is 1. The van der Waals surface area contributed by atoms with Crippen LogP contribution in [0.5, 0.6) is 0 Å². The molecule has 4 rings (SSSR count). The third-order valence-electron chi connectivity index (χ3n) is 4.70. The standard InChI is InChI=1S/C16H16FN3O3S/c1-9-18-7-15-16-13(6-11(20(9)15)8-24(21,22)23)12-5-10(17)3-4-14(12)19(16)2/h3-5,7,11H,6,8H2,1-2H3,(H,21,22,23). The van der Waals surface area contributed by atoms with Crippen LogP contribution in [0.25, 0.3) is 22.3 Å². The van der Waals surface area contributed by atoms with Crippen molar-refractivity contribution in [2.45, 2.75) is 19.4 Å². The maximum Gasteiger partial charge on any atom is 0.266 e. The molecule has 1 aromatic carbocycles. The molecule has 0 aliphatic carbocycles. The van der Waals surface area contributed by atoms with Gasteiger partial charge in [-0.05, 0) is 37.1 Å². The smallest absolute Gasteiger partial charge is 0.266 e. The van der Waals surface area contributed by atoms with E-state index in [9.17, 15) is 17.4 Å². The highest BCUT2D eigenvalue weighted by Crippen LogP contribution is 2.41. The first kappa shape index (κ1) is 15.3. The third-order valence-corrected chi connectivity index (χ3v) is 5.50. The van der Waals surface area contributed by atoms with E-state index in [0.29, 0.717) is 12.2 Å². The minimum Gasteiger partial charge on any atom is -0.342 e. The molecule has 1 unspecified atom stereocenters. The lowest BCUT2D eigenvalue weighted by Gasteiger charge is -2.27. The molecule has 3 heterocycles. The molecule has 1 aliphatic rings. The SMILES string of the molecule is Cc1ncc2n1C(CS(=O)(=O)O)Cc1c-2n(C)c2ccc(F)cc12. The Balaban J connectivity index is 2.02. The zero-order chi connectivity index (χ0) is 17.2. The van der Waals surface area contributed by atoms with E-state index < -0.39 is 21.9 Å². The van der Waals surface area contributed by atoms with Crippen molar-refractivity contribution in [3.05, 3.63) is 41.6 Å². The summed E-state index contributed by atoms with van der Waals surface area (Å²) in [5.41, 5.74) is 3.44. The minimum absolute atomic E-state index is 0.336. The lowest BCUT2D eigenvalue weighted by Crippen LogP contribution is -2.26. The van der Waals surface area contributed by atoms with Gasteiger partial charge in [-0.1, -0.05) is 0 Å². The van der Waals surface area contributed by atoms with Crippen molar-refractivity contribution >= 4 is 21.0 Å². The fourth-order valence-electron chi connectivity index (χ4n) is 3.82. The summed E-state index contributed by atoms with van der Waals surface area (Å²) in [6.07, 6.45) is 2.08. The summed E-state index contributed by atoms with van der Waals surface area (Å²) < 4.78 is 49.7. The van der Waals surface area contributed by atoms with Crippen LogP contribution in [0.15, 0.2) is 24.4 Å². The molecule has 0 saturated carbocycles. The monoisotopic (exact) mass is 349 g/mol. The van der Waals surface area contributed by atoms with Gasteiger partial charge in [-0.25, -0.2) is 9.37 Å². The summed E-state index contributed by atoms with van der Waals surface area (Å²) in [5.74, 6) is -0.0549. The van der Waals surface area contributed by atoms with Crippen molar-refractivity contribution in [3.63, 3.8) is 0 Å². The molecule has 6 nitrogen and oxygen atoms in total. The van der Waals surface area contributed by atoms with Crippen molar-refractivity contribution in [2.75, 3.05) is 5.75 Å². The van der Waals surface area contributed by atoms with E-state index >= 15 is 0 Å². The predicted octanol–water partition coefficient (Wildman–Crippen LogP) is 2.47. The van der Waals surface area contributed by atoms with Crippen LogP contribution in [0.1, 0.15) is 17.4 Å². The number of aryl methyl sites for hydroxylation is 2. The van der Waals surface area contributed by atoms with Crippen LogP contribution in [-0.4, -0.2) is 32.8 Å². The first-order valence-electron chi connectivity index (χ1n) is 7.52. The summed E-state index contributed by atoms with van der Waals surface area (Å²) in [7, 11) is -2.25. The van der Waals surface area contributed by atoms with E-state index in [2.05, 4.69) is 4.98 Å². The van der Waals surface area contributed by atoms with Gasteiger partial charge in [0, 0.05) is 18.0 Å². The van der Waals surface area contributed by atoms with Crippen LogP contribution in [0.4, 0.5) is 4.39 Å². The molecule has 8 heteroatoms. The van der Waals surface area contributed by atoms with E-state index in [-0.39, 0.29) is 5.82 Å². The molecular formula is C16H16FN3O3S. The Labute approximate surface area is 138 Å². The second kappa shape index (κ2) is 4.90. The van der Waals surface area contributed by atoms with Gasteiger partial charge >= 0.3 is 0 Å². The molecule has 24 heavy (non-hydrogen) atoms. The summed E-state index contributed by atoms with van der Waals surface area (Å²) in [5, 5.41) is 0.762. The largest absolute Gasteiger partial charge is 0.342 e. The van der Waals surface area contributed by atoms with Crippen molar-refractivity contribution in [2.24, 2.45) is 7.05 Å². The number of aromatic nitrogens is 3. The Hall–Kier alpha value is -2.19. The molecule has 1 N–H and O–H groups in total. The molecule has 3 aromatic rings. The van der Waals surface area contributed by atoms with Gasteiger partial charge in [0.2, 0.25) is 0 Å². The quantitative estimate of drug-likeness (QED) is 0.721. The molecule has 0 bridgehead atoms. The molecule has 0 fully saturated rings. The number of halogens is 1. The summed E-state index contributed by atoms with van der Waals surface area (Å²) >= 11 is 0. The van der Waals surface area contributed by atoms with Gasteiger partial charge in [-0.2, -0.15) is 8.42 Å². The highest BCUT2D eigenvalue weighted by atomic mass is 32.2. The minimum atomic E-state index is -4.15. The topological polar surface area (TPSA) is 77.1 Å². The predicted molar refractivity (Wildman–Crippen MR) is 88.0 cm³/mol. The molecule has 2 aromatic heterocycles. The van der Waals surface area contributed by atoms with Crippen molar-refractivity contribution in [3.8, 4) is 11.4 Å². The number of hydrogen-bond acceptors (Lipinski definition) is 3. The maximum atomic E-state index is 13.7. The van der Waals surface area contributed by atoms with Crippen molar-refractivity contribution in [1.29, 1.82) is 0 Å². The molecule has 126 valence electrons. The zero-order valence-electron chi connectivity index (χ0n) is 13.2. The van der Waals surface area contributed by atoms with Gasteiger partial charge in [0.25, 0.3) is 10.1 Å². The molecule has 0 amide bonds. The van der Waals surface area contributed by atoms with E-state index in [1.165, 1.54) is 12.1 Å². The Morgan fingerprint density at radius 2 is 2.17 bits per heavy atom. The Morgan fingerprint density at radius 3 is 2.88 bits per heavy atom. The summed E-state index contributed by atoms with van der Waals surface area (Å²) in [4.78, 5) is 4.31. The van der Waals surface area contributed by atoms with E-state index in [4.69, 9.17) is 0 Å². The summed E-state index contributed by atoms with van der Waals surface area (Å²) in [6.45, 7) is 1.80. The van der Waals surface area contributed by atoms with E-state index in [0.717, 1.165) is 27.9 Å². The fourth-order valence-corrected chi connectivity index (χ4v) is 4.57. The average molecular weight is 349 g/mol. The summed E-state index contributed by atoms with van der Waals surface area (Å²) in [6, 6.07) is 4.12. The molecule has 1 aliphatic heterocycles. The van der Waals surface area contributed by atoms with Gasteiger partial charge in [0.15, 0.2) is 0 Å². The fraction of sp³-hybridized carbons (Fsp3) is 0.312. The van der Waals surface area contributed by atoms with Crippen molar-refractivity contribution in [1.82, 2.24) is 14.1 Å². The molecule has 1 atom stereocenters. The normalized spacial score (nSPS) is 17.1. The molecule has 0 spiro atoms. The van der Waals surface area contributed by atoms with Gasteiger partial charge in [0.05, 0.1) is 29.4 Å². The Morgan fingerprint density at radius 1 is 1.42 bits per heavy atom. The lowest BCUT2D eigenvalue weighted by atomic mass is 9.98. The number of fused-ring (bicyclic) bond motifs is 5. The molecule has 0 radical (unpaired) electrons. The second-order valence-electron chi connectivity index (χ2n) is 6.21. The number of rotatable bonds is 2. The first-order chi connectivity index (χ1) is 11.3. The van der Waals surface area contributed by atoms with E-state index in [1.54, 1.807) is 19.2 Å². The van der Waals surface area contributed by atoms with Crippen LogP contribution in [0.3, 0.4) is 0 Å². The maximum absolute atomic E-state index is 13.7. The Kier molecular flexibility index (Phi) is 3.14. The first-order valence-corrected chi connectivity index (χ1v) is 9.13. The van der Waals surface area contributed by atoms with Gasteiger partial charge in [-0.15, -0.1) is 0 Å². The lowest BCUT2D eigenvalue weighted by molar-refractivity contribution is 0.452. The number of imidazole rings is 1. The average Bonchev–Trinajstić information content (AvgIpc) is 2.98. The van der Waals surface area contributed by atoms with Gasteiger partial charge in [-0.3, -0.25) is 4.55 Å². The molecular weight excluding hydrogens is 333 g/mol. The zero-order valence-corrected chi connectivity index (χ0v) is 14.0.